The first kappa shape index (κ1) is 53.8. The lowest BCUT2D eigenvalue weighted by Gasteiger charge is -2.26. The Morgan fingerprint density at radius 1 is 0.436 bits per heavy atom. The molecular weight excluding hydrogens is 679 g/mol. The Balaban J connectivity index is 3.62. The lowest BCUT2D eigenvalue weighted by Crippen LogP contribution is -2.50. The molecule has 0 rings (SSSR count). The third-order valence-electron chi connectivity index (χ3n) is 11.5. The van der Waals surface area contributed by atoms with Gasteiger partial charge in [0.15, 0.2) is 0 Å². The van der Waals surface area contributed by atoms with Crippen molar-refractivity contribution in [3.8, 4) is 0 Å². The maximum atomic E-state index is 12.5. The Bertz CT molecular complexity index is 814. The highest BCUT2D eigenvalue weighted by Gasteiger charge is 2.26. The van der Waals surface area contributed by atoms with E-state index < -0.39 is 18.2 Å². The van der Waals surface area contributed by atoms with Crippen LogP contribution in [0.25, 0.3) is 0 Å². The Kier molecular flexibility index (Phi) is 44.6. The molecule has 5 nitrogen and oxygen atoms in total. The van der Waals surface area contributed by atoms with Crippen LogP contribution in [0.2, 0.25) is 0 Å². The summed E-state index contributed by atoms with van der Waals surface area (Å²) in [7, 11) is 0. The van der Waals surface area contributed by atoms with Crippen LogP contribution < -0.4 is 5.32 Å². The van der Waals surface area contributed by atoms with Gasteiger partial charge in [-0.2, -0.15) is 0 Å². The molecule has 326 valence electrons. The van der Waals surface area contributed by atoms with Crippen molar-refractivity contribution < 1.29 is 20.1 Å². The van der Waals surface area contributed by atoms with Gasteiger partial charge in [-0.15, -0.1) is 0 Å². The van der Waals surface area contributed by atoms with Crippen molar-refractivity contribution >= 4 is 5.91 Å². The molecule has 1 amide bonds. The van der Waals surface area contributed by atoms with Gasteiger partial charge in [-0.1, -0.05) is 218 Å². The summed E-state index contributed by atoms with van der Waals surface area (Å²) < 4.78 is 0. The van der Waals surface area contributed by atoms with E-state index in [0.717, 1.165) is 38.5 Å². The summed E-state index contributed by atoms with van der Waals surface area (Å²) in [6, 6.07) is -0.827. The average molecular weight is 776 g/mol. The van der Waals surface area contributed by atoms with E-state index in [-0.39, 0.29) is 12.5 Å². The Morgan fingerprint density at radius 2 is 0.727 bits per heavy atom. The molecule has 0 fully saturated rings. The van der Waals surface area contributed by atoms with E-state index in [1.54, 1.807) is 0 Å². The lowest BCUT2D eigenvalue weighted by atomic mass is 10.0. The second kappa shape index (κ2) is 45.5. The van der Waals surface area contributed by atoms with E-state index in [0.29, 0.717) is 12.8 Å². The lowest BCUT2D eigenvalue weighted by molar-refractivity contribution is -0.124. The number of rotatable bonds is 45. The number of carbonyl (C=O) groups is 1. The summed E-state index contributed by atoms with van der Waals surface area (Å²) in [5.41, 5.74) is 0. The van der Waals surface area contributed by atoms with Gasteiger partial charge in [-0.3, -0.25) is 4.79 Å². The van der Waals surface area contributed by atoms with Crippen molar-refractivity contribution in [2.75, 3.05) is 6.61 Å². The molecule has 0 bridgehead atoms. The van der Waals surface area contributed by atoms with Crippen molar-refractivity contribution in [2.24, 2.45) is 0 Å². The number of hydrogen-bond donors (Lipinski definition) is 4. The van der Waals surface area contributed by atoms with Crippen LogP contribution in [0.5, 0.6) is 0 Å². The maximum Gasteiger partial charge on any atom is 0.220 e. The first-order valence-electron chi connectivity index (χ1n) is 24.6. The smallest absolute Gasteiger partial charge is 0.220 e. The van der Waals surface area contributed by atoms with Crippen LogP contribution >= 0.6 is 0 Å². The van der Waals surface area contributed by atoms with Crippen molar-refractivity contribution in [3.63, 3.8) is 0 Å². The summed E-state index contributed by atoms with van der Waals surface area (Å²) in [4.78, 5) is 12.5. The summed E-state index contributed by atoms with van der Waals surface area (Å²) in [6.45, 7) is 4.19. The standard InChI is InChI=1S/C50H97NO4/c1-3-5-7-9-11-13-15-17-19-21-23-24-25-26-27-29-31-33-35-37-39-41-43-45-49(54)51-47(46-52)50(55)48(53)44-42-40-38-36-34-32-30-28-22-20-18-16-14-12-10-8-6-4-2/h26-27,36,38,47-48,50,52-53,55H,3-25,28-35,37,39-46H2,1-2H3,(H,51,54)/b27-26-,38-36+. The SMILES string of the molecule is CCCCCCCCCCCCCC/C=C\CCCCCCCCCC(=O)NC(CO)C(O)C(O)CCC/C=C/CCCCCCCCCCCCCCC. The molecular formula is C50H97NO4. The number of aliphatic hydroxyl groups excluding tert-OH is 3. The first-order chi connectivity index (χ1) is 27.1. The minimum absolute atomic E-state index is 0.156. The molecule has 0 saturated carbocycles. The molecule has 0 spiro atoms. The molecule has 0 aliphatic carbocycles. The van der Waals surface area contributed by atoms with E-state index in [9.17, 15) is 20.1 Å². The van der Waals surface area contributed by atoms with E-state index in [1.807, 2.05) is 0 Å². The molecule has 0 aromatic carbocycles. The molecule has 0 saturated heterocycles. The fourth-order valence-electron chi connectivity index (χ4n) is 7.69. The summed E-state index contributed by atoms with van der Waals surface area (Å²) in [5.74, 6) is -0.156. The summed E-state index contributed by atoms with van der Waals surface area (Å²) in [6.07, 6.45) is 55.9. The molecule has 0 aromatic rings. The van der Waals surface area contributed by atoms with Crippen LogP contribution in [-0.4, -0.2) is 46.1 Å². The van der Waals surface area contributed by atoms with Gasteiger partial charge in [0.2, 0.25) is 5.91 Å². The highest BCUT2D eigenvalue weighted by molar-refractivity contribution is 5.76. The number of unbranched alkanes of at least 4 members (excludes halogenated alkanes) is 33. The van der Waals surface area contributed by atoms with Crippen LogP contribution in [0.4, 0.5) is 0 Å². The monoisotopic (exact) mass is 776 g/mol. The molecule has 55 heavy (non-hydrogen) atoms. The normalized spacial score (nSPS) is 13.6. The zero-order valence-electron chi connectivity index (χ0n) is 37.1. The molecule has 0 aliphatic rings. The zero-order chi connectivity index (χ0) is 40.1. The van der Waals surface area contributed by atoms with Gasteiger partial charge in [0, 0.05) is 6.42 Å². The fraction of sp³-hybridized carbons (Fsp3) is 0.900. The largest absolute Gasteiger partial charge is 0.394 e. The van der Waals surface area contributed by atoms with E-state index >= 15 is 0 Å². The summed E-state index contributed by atoms with van der Waals surface area (Å²) >= 11 is 0. The molecule has 3 atom stereocenters. The number of amides is 1. The van der Waals surface area contributed by atoms with Crippen LogP contribution in [0.15, 0.2) is 24.3 Å². The van der Waals surface area contributed by atoms with Crippen molar-refractivity contribution in [1.82, 2.24) is 5.32 Å². The van der Waals surface area contributed by atoms with Crippen LogP contribution in [0, 0.1) is 0 Å². The number of aliphatic hydroxyl groups is 3. The second-order valence-corrected chi connectivity index (χ2v) is 17.0. The fourth-order valence-corrected chi connectivity index (χ4v) is 7.69. The first-order valence-corrected chi connectivity index (χ1v) is 24.6. The van der Waals surface area contributed by atoms with E-state index in [4.69, 9.17) is 0 Å². The molecule has 4 N–H and O–H groups in total. The van der Waals surface area contributed by atoms with Gasteiger partial charge in [0.1, 0.15) is 6.10 Å². The average Bonchev–Trinajstić information content (AvgIpc) is 3.19. The topological polar surface area (TPSA) is 89.8 Å². The van der Waals surface area contributed by atoms with Crippen molar-refractivity contribution in [1.29, 1.82) is 0 Å². The summed E-state index contributed by atoms with van der Waals surface area (Å²) in [5, 5.41) is 33.6. The third kappa shape index (κ3) is 40.8. The molecule has 0 aliphatic heterocycles. The number of allylic oxidation sites excluding steroid dienone is 4. The third-order valence-corrected chi connectivity index (χ3v) is 11.5. The van der Waals surface area contributed by atoms with Gasteiger partial charge >= 0.3 is 0 Å². The van der Waals surface area contributed by atoms with Crippen molar-refractivity contribution in [3.05, 3.63) is 24.3 Å². The van der Waals surface area contributed by atoms with E-state index in [2.05, 4.69) is 43.5 Å². The molecule has 5 heteroatoms. The Morgan fingerprint density at radius 3 is 1.05 bits per heavy atom. The Labute approximate surface area is 343 Å². The second-order valence-electron chi connectivity index (χ2n) is 17.0. The molecule has 0 aromatic heterocycles. The van der Waals surface area contributed by atoms with Crippen LogP contribution in [-0.2, 0) is 4.79 Å². The molecule has 0 radical (unpaired) electrons. The minimum Gasteiger partial charge on any atom is -0.394 e. The molecule has 0 heterocycles. The van der Waals surface area contributed by atoms with Crippen molar-refractivity contribution in [2.45, 2.75) is 283 Å². The Hall–Kier alpha value is -1.17. The van der Waals surface area contributed by atoms with Gasteiger partial charge < -0.3 is 20.6 Å². The maximum absolute atomic E-state index is 12.5. The highest BCUT2D eigenvalue weighted by Crippen LogP contribution is 2.16. The minimum atomic E-state index is -1.16. The number of carbonyl (C=O) groups excluding carboxylic acids is 1. The van der Waals surface area contributed by atoms with Crippen LogP contribution in [0.1, 0.15) is 264 Å². The van der Waals surface area contributed by atoms with Gasteiger partial charge in [-0.25, -0.2) is 0 Å². The number of nitrogens with one attached hydrogen (secondary N) is 1. The number of hydrogen-bond acceptors (Lipinski definition) is 4. The zero-order valence-corrected chi connectivity index (χ0v) is 37.1. The quantitative estimate of drug-likeness (QED) is 0.0366. The van der Waals surface area contributed by atoms with Gasteiger partial charge in [0.05, 0.1) is 18.8 Å². The van der Waals surface area contributed by atoms with Crippen LogP contribution in [0.3, 0.4) is 0 Å². The predicted octanol–water partition coefficient (Wildman–Crippen LogP) is 14.6. The predicted molar refractivity (Wildman–Crippen MR) is 241 cm³/mol. The molecule has 3 unspecified atom stereocenters. The van der Waals surface area contributed by atoms with Gasteiger partial charge in [-0.05, 0) is 64.2 Å². The van der Waals surface area contributed by atoms with E-state index in [1.165, 1.54) is 199 Å². The highest BCUT2D eigenvalue weighted by atomic mass is 16.3. The van der Waals surface area contributed by atoms with Gasteiger partial charge in [0.25, 0.3) is 0 Å².